The first-order valence-electron chi connectivity index (χ1n) is 5.52. The molecule has 0 saturated heterocycles. The van der Waals surface area contributed by atoms with Crippen LogP contribution < -0.4 is 10.0 Å². The lowest BCUT2D eigenvalue weighted by molar-refractivity contribution is 0.245. The normalized spacial score (nSPS) is 11.0. The van der Waals surface area contributed by atoms with E-state index in [2.05, 4.69) is 5.32 Å². The smallest absolute Gasteiger partial charge is 0.328 e. The van der Waals surface area contributed by atoms with Crippen LogP contribution in [0.1, 0.15) is 19.8 Å². The summed E-state index contributed by atoms with van der Waals surface area (Å²) in [6.07, 6.45) is 1.71. The SMILES string of the molecule is CCCCNC(=O)NS(=O)(=O)c1ccccc1Cl. The fourth-order valence-electron chi connectivity index (χ4n) is 1.25. The van der Waals surface area contributed by atoms with Crippen molar-refractivity contribution in [2.75, 3.05) is 6.54 Å². The van der Waals surface area contributed by atoms with Gasteiger partial charge < -0.3 is 5.32 Å². The Kier molecular flexibility index (Phi) is 5.43. The molecule has 0 heterocycles. The molecule has 0 aliphatic heterocycles. The number of carbonyl (C=O) groups excluding carboxylic acids is 1. The highest BCUT2D eigenvalue weighted by atomic mass is 35.5. The summed E-state index contributed by atoms with van der Waals surface area (Å²) in [5, 5.41) is 2.53. The van der Waals surface area contributed by atoms with Gasteiger partial charge in [0.1, 0.15) is 4.90 Å². The maximum Gasteiger partial charge on any atom is 0.328 e. The molecule has 7 heteroatoms. The van der Waals surface area contributed by atoms with Crippen LogP contribution in [0.2, 0.25) is 5.02 Å². The standard InChI is InChI=1S/C11H15ClN2O3S/c1-2-3-8-13-11(15)14-18(16,17)10-7-5-4-6-9(10)12/h4-7H,2-3,8H2,1H3,(H2,13,14,15). The van der Waals surface area contributed by atoms with Crippen molar-refractivity contribution in [3.05, 3.63) is 29.3 Å². The Morgan fingerprint density at radius 3 is 2.61 bits per heavy atom. The largest absolute Gasteiger partial charge is 0.337 e. The zero-order valence-corrected chi connectivity index (χ0v) is 11.5. The molecule has 18 heavy (non-hydrogen) atoms. The summed E-state index contributed by atoms with van der Waals surface area (Å²) in [6, 6.07) is 5.19. The van der Waals surface area contributed by atoms with Crippen molar-refractivity contribution >= 4 is 27.7 Å². The molecule has 0 fully saturated rings. The van der Waals surface area contributed by atoms with Gasteiger partial charge in [-0.3, -0.25) is 0 Å². The van der Waals surface area contributed by atoms with Gasteiger partial charge in [-0.25, -0.2) is 17.9 Å². The molecule has 100 valence electrons. The van der Waals surface area contributed by atoms with Crippen LogP contribution in [0.4, 0.5) is 4.79 Å². The third kappa shape index (κ3) is 4.19. The molecule has 0 aliphatic carbocycles. The first-order valence-corrected chi connectivity index (χ1v) is 7.38. The van der Waals surface area contributed by atoms with E-state index in [-0.39, 0.29) is 9.92 Å². The zero-order valence-electron chi connectivity index (χ0n) is 9.94. The second-order valence-electron chi connectivity index (χ2n) is 3.65. The van der Waals surface area contributed by atoms with Gasteiger partial charge in [0.15, 0.2) is 0 Å². The van der Waals surface area contributed by atoms with Crippen molar-refractivity contribution in [3.8, 4) is 0 Å². The van der Waals surface area contributed by atoms with E-state index >= 15 is 0 Å². The number of halogens is 1. The molecule has 2 N–H and O–H groups in total. The summed E-state index contributed by atoms with van der Waals surface area (Å²) in [5.74, 6) is 0. The van der Waals surface area contributed by atoms with Crippen LogP contribution in [0.25, 0.3) is 0 Å². The van der Waals surface area contributed by atoms with E-state index in [1.54, 1.807) is 6.07 Å². The lowest BCUT2D eigenvalue weighted by atomic mass is 10.3. The highest BCUT2D eigenvalue weighted by molar-refractivity contribution is 7.90. The van der Waals surface area contributed by atoms with Crippen molar-refractivity contribution in [3.63, 3.8) is 0 Å². The Balaban J connectivity index is 2.71. The van der Waals surface area contributed by atoms with Crippen LogP contribution in [-0.4, -0.2) is 21.0 Å². The number of unbranched alkanes of at least 4 members (excludes halogenated alkanes) is 1. The van der Waals surface area contributed by atoms with E-state index in [0.29, 0.717) is 6.54 Å². The summed E-state index contributed by atoms with van der Waals surface area (Å²) in [4.78, 5) is 11.3. The fourth-order valence-corrected chi connectivity index (χ4v) is 2.70. The van der Waals surface area contributed by atoms with Gasteiger partial charge in [0.05, 0.1) is 5.02 Å². The quantitative estimate of drug-likeness (QED) is 0.816. The summed E-state index contributed by atoms with van der Waals surface area (Å²) in [6.45, 7) is 2.40. The highest BCUT2D eigenvalue weighted by Gasteiger charge is 2.19. The van der Waals surface area contributed by atoms with Crippen molar-refractivity contribution < 1.29 is 13.2 Å². The van der Waals surface area contributed by atoms with Crippen LogP contribution in [0.15, 0.2) is 29.2 Å². The highest BCUT2D eigenvalue weighted by Crippen LogP contribution is 2.19. The van der Waals surface area contributed by atoms with Crippen molar-refractivity contribution in [1.82, 2.24) is 10.0 Å². The number of urea groups is 1. The first-order chi connectivity index (χ1) is 8.47. The average molecular weight is 291 g/mol. The number of benzene rings is 1. The number of nitrogens with one attached hydrogen (secondary N) is 2. The van der Waals surface area contributed by atoms with Gasteiger partial charge in [-0.2, -0.15) is 0 Å². The molecular weight excluding hydrogens is 276 g/mol. The average Bonchev–Trinajstić information content (AvgIpc) is 2.29. The van der Waals surface area contributed by atoms with Crippen LogP contribution in [0.5, 0.6) is 0 Å². The maximum atomic E-state index is 11.8. The molecule has 0 spiro atoms. The topological polar surface area (TPSA) is 75.3 Å². The second-order valence-corrected chi connectivity index (χ2v) is 5.70. The Bertz CT molecular complexity index is 517. The van der Waals surface area contributed by atoms with Gasteiger partial charge >= 0.3 is 6.03 Å². The fraction of sp³-hybridized carbons (Fsp3) is 0.364. The van der Waals surface area contributed by atoms with E-state index in [1.807, 2.05) is 11.6 Å². The van der Waals surface area contributed by atoms with E-state index in [4.69, 9.17) is 11.6 Å². The van der Waals surface area contributed by atoms with Crippen LogP contribution in [0, 0.1) is 0 Å². The van der Waals surface area contributed by atoms with E-state index < -0.39 is 16.1 Å². The number of carbonyl (C=O) groups is 1. The Labute approximate surface area is 112 Å². The molecular formula is C11H15ClN2O3S. The first kappa shape index (κ1) is 14.8. The molecule has 1 aromatic carbocycles. The van der Waals surface area contributed by atoms with Crippen LogP contribution in [0.3, 0.4) is 0 Å². The number of rotatable bonds is 5. The molecule has 2 amide bonds. The molecule has 1 aromatic rings. The Morgan fingerprint density at radius 1 is 1.33 bits per heavy atom. The maximum absolute atomic E-state index is 11.8. The van der Waals surface area contributed by atoms with Gasteiger partial charge in [-0.1, -0.05) is 37.1 Å². The molecule has 0 aliphatic rings. The minimum atomic E-state index is -3.92. The predicted octanol–water partition coefficient (Wildman–Crippen LogP) is 2.13. The summed E-state index contributed by atoms with van der Waals surface area (Å²) >= 11 is 5.77. The van der Waals surface area contributed by atoms with Gasteiger partial charge in [0.2, 0.25) is 0 Å². The molecule has 0 atom stereocenters. The van der Waals surface area contributed by atoms with Crippen molar-refractivity contribution in [2.24, 2.45) is 0 Å². The number of amides is 2. The van der Waals surface area contributed by atoms with Crippen molar-refractivity contribution in [2.45, 2.75) is 24.7 Å². The minimum Gasteiger partial charge on any atom is -0.337 e. The van der Waals surface area contributed by atoms with Crippen LogP contribution >= 0.6 is 11.6 Å². The monoisotopic (exact) mass is 290 g/mol. The molecule has 0 saturated carbocycles. The second kappa shape index (κ2) is 6.61. The number of sulfonamides is 1. The summed E-state index contributed by atoms with van der Waals surface area (Å²) < 4.78 is 25.6. The van der Waals surface area contributed by atoms with Gasteiger partial charge in [0, 0.05) is 6.54 Å². The Morgan fingerprint density at radius 2 is 2.00 bits per heavy atom. The third-order valence-corrected chi connectivity index (χ3v) is 4.00. The lowest BCUT2D eigenvalue weighted by Crippen LogP contribution is -2.39. The van der Waals surface area contributed by atoms with E-state index in [1.165, 1.54) is 18.2 Å². The molecule has 5 nitrogen and oxygen atoms in total. The summed E-state index contributed by atoms with van der Waals surface area (Å²) in [7, 11) is -3.92. The molecule has 0 bridgehead atoms. The molecule has 0 unspecified atom stereocenters. The van der Waals surface area contributed by atoms with E-state index in [9.17, 15) is 13.2 Å². The molecule has 0 aromatic heterocycles. The van der Waals surface area contributed by atoms with Gasteiger partial charge in [0.25, 0.3) is 10.0 Å². The van der Waals surface area contributed by atoms with Crippen LogP contribution in [-0.2, 0) is 10.0 Å². The Hall–Kier alpha value is -1.27. The van der Waals surface area contributed by atoms with Gasteiger partial charge in [-0.05, 0) is 18.6 Å². The number of hydrogen-bond donors (Lipinski definition) is 2. The molecule has 0 radical (unpaired) electrons. The van der Waals surface area contributed by atoms with Crippen molar-refractivity contribution in [1.29, 1.82) is 0 Å². The predicted molar refractivity (Wildman–Crippen MR) is 70.1 cm³/mol. The molecule has 1 rings (SSSR count). The van der Waals surface area contributed by atoms with Gasteiger partial charge in [-0.15, -0.1) is 0 Å². The lowest BCUT2D eigenvalue weighted by Gasteiger charge is -2.09. The third-order valence-electron chi connectivity index (χ3n) is 2.17. The summed E-state index contributed by atoms with van der Waals surface area (Å²) in [5.41, 5.74) is 0. The minimum absolute atomic E-state index is 0.0753. The zero-order chi connectivity index (χ0) is 13.6. The van der Waals surface area contributed by atoms with E-state index in [0.717, 1.165) is 12.8 Å². The number of hydrogen-bond acceptors (Lipinski definition) is 3.